The number of hydrogen-bond acceptors (Lipinski definition) is 4. The summed E-state index contributed by atoms with van der Waals surface area (Å²) in [6.45, 7) is 3.48. The summed E-state index contributed by atoms with van der Waals surface area (Å²) in [5.74, 6) is 0.823. The van der Waals surface area contributed by atoms with Gasteiger partial charge in [-0.3, -0.25) is 0 Å². The van der Waals surface area contributed by atoms with Crippen molar-refractivity contribution in [2.75, 3.05) is 6.61 Å². The lowest BCUT2D eigenvalue weighted by atomic mass is 10.2. The van der Waals surface area contributed by atoms with Gasteiger partial charge in [-0.15, -0.1) is 5.10 Å². The molecule has 0 atom stereocenters. The molecule has 0 radical (unpaired) electrons. The number of ether oxygens (including phenoxy) is 1. The summed E-state index contributed by atoms with van der Waals surface area (Å²) < 4.78 is 7.48. The number of benzene rings is 1. The second kappa shape index (κ2) is 8.40. The monoisotopic (exact) mass is 318 g/mol. The van der Waals surface area contributed by atoms with Crippen molar-refractivity contribution < 1.29 is 4.74 Å². The minimum Gasteiger partial charge on any atom is -0.494 e. The lowest BCUT2D eigenvalue weighted by Gasteiger charge is -2.07. The van der Waals surface area contributed by atoms with Crippen LogP contribution in [0.15, 0.2) is 24.3 Å². The van der Waals surface area contributed by atoms with E-state index in [1.165, 1.54) is 0 Å². The lowest BCUT2D eigenvalue weighted by Crippen LogP contribution is -2.07. The number of halogens is 1. The van der Waals surface area contributed by atoms with E-state index >= 15 is 0 Å². The number of nitrogens with zero attached hydrogens (tertiary/aromatic N) is 4. The average molecular weight is 319 g/mol. The topological polar surface area (TPSA) is 63.7 Å². The fourth-order valence-corrected chi connectivity index (χ4v) is 2.29. The van der Waals surface area contributed by atoms with Crippen molar-refractivity contribution >= 4 is 11.6 Å². The highest BCUT2D eigenvalue weighted by atomic mass is 35.5. The number of unbranched alkanes of at least 4 members (excludes halogenated alkanes) is 1. The first kappa shape index (κ1) is 16.3. The maximum atomic E-state index is 9.02. The number of aromatic nitrogens is 3. The molecule has 2 aromatic rings. The molecule has 1 aromatic heterocycles. The maximum Gasteiger partial charge on any atom is 0.185 e. The highest BCUT2D eigenvalue weighted by Crippen LogP contribution is 2.16. The Morgan fingerprint density at radius 1 is 1.27 bits per heavy atom. The molecule has 0 unspecified atom stereocenters. The minimum absolute atomic E-state index is 0.444. The van der Waals surface area contributed by atoms with Crippen molar-refractivity contribution in [2.24, 2.45) is 0 Å². The number of aryl methyl sites for hydroxylation is 1. The van der Waals surface area contributed by atoms with E-state index in [-0.39, 0.29) is 0 Å². The van der Waals surface area contributed by atoms with Crippen LogP contribution >= 0.6 is 11.6 Å². The summed E-state index contributed by atoms with van der Waals surface area (Å²) in [5, 5.41) is 17.7. The molecule has 0 fully saturated rings. The maximum absolute atomic E-state index is 9.02. The van der Waals surface area contributed by atoms with Crippen LogP contribution in [0, 0.1) is 11.3 Å². The Kier molecular flexibility index (Phi) is 6.23. The van der Waals surface area contributed by atoms with Crippen molar-refractivity contribution in [1.82, 2.24) is 15.0 Å². The summed E-state index contributed by atoms with van der Waals surface area (Å²) >= 11 is 5.82. The summed E-state index contributed by atoms with van der Waals surface area (Å²) in [6.07, 6.45) is 3.65. The second-order valence-corrected chi connectivity index (χ2v) is 5.42. The van der Waals surface area contributed by atoms with Gasteiger partial charge in [-0.2, -0.15) is 5.26 Å². The highest BCUT2D eigenvalue weighted by molar-refractivity contribution is 6.30. The molecule has 1 aromatic carbocycles. The molecule has 0 spiro atoms. The fourth-order valence-electron chi connectivity index (χ4n) is 2.17. The van der Waals surface area contributed by atoms with Gasteiger partial charge in [0.1, 0.15) is 11.8 Å². The van der Waals surface area contributed by atoms with E-state index in [1.54, 1.807) is 0 Å². The molecule has 5 nitrogen and oxygen atoms in total. The Morgan fingerprint density at radius 2 is 2.05 bits per heavy atom. The van der Waals surface area contributed by atoms with Crippen molar-refractivity contribution in [3.63, 3.8) is 0 Å². The van der Waals surface area contributed by atoms with Crippen molar-refractivity contribution in [2.45, 2.75) is 39.2 Å². The Labute approximate surface area is 135 Å². The summed E-state index contributed by atoms with van der Waals surface area (Å²) in [5.41, 5.74) is 1.38. The fraction of sp³-hybridized carbons (Fsp3) is 0.438. The van der Waals surface area contributed by atoms with E-state index in [0.717, 1.165) is 43.7 Å². The highest BCUT2D eigenvalue weighted by Gasteiger charge is 2.10. The van der Waals surface area contributed by atoms with Crippen molar-refractivity contribution in [3.05, 3.63) is 40.7 Å². The van der Waals surface area contributed by atoms with Gasteiger partial charge >= 0.3 is 0 Å². The normalized spacial score (nSPS) is 10.4. The van der Waals surface area contributed by atoms with Crippen LogP contribution in [0.3, 0.4) is 0 Å². The van der Waals surface area contributed by atoms with Crippen molar-refractivity contribution in [1.29, 1.82) is 5.26 Å². The Bertz CT molecular complexity index is 631. The molecular formula is C16H19ClN4O. The molecule has 0 bridgehead atoms. The number of nitriles is 1. The Balaban J connectivity index is 1.76. The van der Waals surface area contributed by atoms with Gasteiger partial charge in [-0.1, -0.05) is 30.2 Å². The van der Waals surface area contributed by atoms with Crippen LogP contribution in [0.4, 0.5) is 0 Å². The van der Waals surface area contributed by atoms with E-state index in [2.05, 4.69) is 23.3 Å². The van der Waals surface area contributed by atoms with E-state index in [1.807, 2.05) is 28.9 Å². The smallest absolute Gasteiger partial charge is 0.185 e. The molecule has 22 heavy (non-hydrogen) atoms. The molecule has 0 aliphatic carbocycles. The summed E-state index contributed by atoms with van der Waals surface area (Å²) in [4.78, 5) is 0. The van der Waals surface area contributed by atoms with Gasteiger partial charge in [-0.05, 0) is 43.5 Å². The van der Waals surface area contributed by atoms with Gasteiger partial charge < -0.3 is 4.74 Å². The zero-order valence-electron chi connectivity index (χ0n) is 12.6. The van der Waals surface area contributed by atoms with Gasteiger partial charge in [0.25, 0.3) is 0 Å². The number of hydrogen-bond donors (Lipinski definition) is 0. The quantitative estimate of drug-likeness (QED) is 0.697. The molecule has 0 N–H and O–H groups in total. The molecule has 116 valence electrons. The third kappa shape index (κ3) is 4.47. The number of rotatable bonds is 8. The molecule has 0 amide bonds. The third-order valence-corrected chi connectivity index (χ3v) is 3.53. The molecule has 0 saturated carbocycles. The first-order chi connectivity index (χ1) is 10.7. The Hall–Kier alpha value is -2.06. The summed E-state index contributed by atoms with van der Waals surface area (Å²) in [7, 11) is 0. The van der Waals surface area contributed by atoms with Crippen LogP contribution in [-0.2, 0) is 13.0 Å². The SMILES string of the molecule is CCCc1c(C#N)nnn1CCCCOc1ccc(Cl)cc1. The van der Waals surface area contributed by atoms with Crippen molar-refractivity contribution in [3.8, 4) is 11.8 Å². The second-order valence-electron chi connectivity index (χ2n) is 4.98. The van der Waals surface area contributed by atoms with E-state index in [0.29, 0.717) is 17.3 Å². The van der Waals surface area contributed by atoms with E-state index < -0.39 is 0 Å². The first-order valence-electron chi connectivity index (χ1n) is 7.45. The largest absolute Gasteiger partial charge is 0.494 e. The van der Waals surface area contributed by atoms with Gasteiger partial charge in [0.05, 0.1) is 12.3 Å². The van der Waals surface area contributed by atoms with E-state index in [9.17, 15) is 0 Å². The van der Waals surface area contributed by atoms with Crippen LogP contribution in [0.2, 0.25) is 5.02 Å². The molecule has 0 saturated heterocycles. The average Bonchev–Trinajstić information content (AvgIpc) is 2.91. The molecule has 0 aliphatic heterocycles. The Morgan fingerprint density at radius 3 is 2.73 bits per heavy atom. The standard InChI is InChI=1S/C16H19ClN4O/c1-2-5-16-15(12-18)19-20-21(16)10-3-4-11-22-14-8-6-13(17)7-9-14/h6-9H,2-5,10-11H2,1H3. The van der Waals surface area contributed by atoms with Crippen LogP contribution in [0.5, 0.6) is 5.75 Å². The van der Waals surface area contributed by atoms with Crippen LogP contribution in [0.25, 0.3) is 0 Å². The zero-order chi connectivity index (χ0) is 15.8. The van der Waals surface area contributed by atoms with Crippen LogP contribution in [-0.4, -0.2) is 21.6 Å². The minimum atomic E-state index is 0.444. The lowest BCUT2D eigenvalue weighted by molar-refractivity contribution is 0.301. The van der Waals surface area contributed by atoms with Gasteiger partial charge in [0.2, 0.25) is 0 Å². The third-order valence-electron chi connectivity index (χ3n) is 3.28. The van der Waals surface area contributed by atoms with Gasteiger partial charge in [0, 0.05) is 11.6 Å². The zero-order valence-corrected chi connectivity index (χ0v) is 13.4. The molecular weight excluding hydrogens is 300 g/mol. The molecule has 2 rings (SSSR count). The van der Waals surface area contributed by atoms with Gasteiger partial charge in [0.15, 0.2) is 5.69 Å². The predicted octanol–water partition coefficient (Wildman–Crippen LogP) is 3.61. The first-order valence-corrected chi connectivity index (χ1v) is 7.83. The van der Waals surface area contributed by atoms with E-state index in [4.69, 9.17) is 21.6 Å². The van der Waals surface area contributed by atoms with Gasteiger partial charge in [-0.25, -0.2) is 4.68 Å². The predicted molar refractivity (Wildman–Crippen MR) is 84.9 cm³/mol. The molecule has 0 aliphatic rings. The summed E-state index contributed by atoms with van der Waals surface area (Å²) in [6, 6.07) is 9.44. The molecule has 1 heterocycles. The van der Waals surface area contributed by atoms with Crippen LogP contribution < -0.4 is 4.74 Å². The molecule has 6 heteroatoms. The van der Waals surface area contributed by atoms with Crippen LogP contribution in [0.1, 0.15) is 37.6 Å².